The molecule has 0 fully saturated rings. The standard InChI is InChI=1S/C22H24N4O5/c1-26(2)9-8-23-20(27)16-10-17(12-18(11-16)30-3)25-22-24-13-19(31-22)14-4-6-15(7-5-14)21(28)29/h4-7,10-13H,8-9H2,1-3H3,(H,23,27)(H,24,25)(H,28,29). The van der Waals surface area contributed by atoms with Gasteiger partial charge in [0.2, 0.25) is 0 Å². The normalized spacial score (nSPS) is 10.7. The van der Waals surface area contributed by atoms with Gasteiger partial charge in [0.25, 0.3) is 11.9 Å². The maximum atomic E-state index is 12.5. The van der Waals surface area contributed by atoms with Crippen molar-refractivity contribution < 1.29 is 23.8 Å². The summed E-state index contributed by atoms with van der Waals surface area (Å²) in [6.07, 6.45) is 1.53. The van der Waals surface area contributed by atoms with Crippen LogP contribution in [0.15, 0.2) is 53.1 Å². The molecule has 0 spiro atoms. The molecule has 9 heteroatoms. The highest BCUT2D eigenvalue weighted by Crippen LogP contribution is 2.27. The number of hydrogen-bond donors (Lipinski definition) is 3. The summed E-state index contributed by atoms with van der Waals surface area (Å²) in [4.78, 5) is 29.6. The van der Waals surface area contributed by atoms with Crippen molar-refractivity contribution in [3.8, 4) is 17.1 Å². The molecule has 3 N–H and O–H groups in total. The zero-order valence-corrected chi connectivity index (χ0v) is 17.5. The third kappa shape index (κ3) is 5.83. The fourth-order valence-corrected chi connectivity index (χ4v) is 2.78. The maximum absolute atomic E-state index is 12.5. The van der Waals surface area contributed by atoms with Crippen LogP contribution in [-0.2, 0) is 0 Å². The summed E-state index contributed by atoms with van der Waals surface area (Å²) in [5, 5.41) is 14.9. The molecule has 1 aromatic heterocycles. The number of carboxylic acids is 1. The number of nitrogens with zero attached hydrogens (tertiary/aromatic N) is 2. The van der Waals surface area contributed by atoms with E-state index in [2.05, 4.69) is 15.6 Å². The molecular weight excluding hydrogens is 400 g/mol. The number of nitrogens with one attached hydrogen (secondary N) is 2. The summed E-state index contributed by atoms with van der Waals surface area (Å²) in [5.41, 5.74) is 1.90. The van der Waals surface area contributed by atoms with Gasteiger partial charge in [-0.15, -0.1) is 0 Å². The average molecular weight is 424 g/mol. The van der Waals surface area contributed by atoms with Crippen LogP contribution in [0.1, 0.15) is 20.7 Å². The minimum atomic E-state index is -0.994. The molecule has 31 heavy (non-hydrogen) atoms. The summed E-state index contributed by atoms with van der Waals surface area (Å²) in [7, 11) is 5.40. The molecule has 1 heterocycles. The topological polar surface area (TPSA) is 117 Å². The molecule has 0 saturated heterocycles. The Morgan fingerprint density at radius 2 is 1.87 bits per heavy atom. The molecule has 0 aliphatic heterocycles. The second kappa shape index (κ2) is 9.77. The highest BCUT2D eigenvalue weighted by atomic mass is 16.5. The van der Waals surface area contributed by atoms with E-state index in [0.717, 1.165) is 6.54 Å². The van der Waals surface area contributed by atoms with Crippen LogP contribution >= 0.6 is 0 Å². The number of methoxy groups -OCH3 is 1. The zero-order chi connectivity index (χ0) is 22.4. The van der Waals surface area contributed by atoms with Gasteiger partial charge in [0.1, 0.15) is 5.75 Å². The minimum Gasteiger partial charge on any atom is -0.497 e. The van der Waals surface area contributed by atoms with E-state index in [1.165, 1.54) is 25.4 Å². The first kappa shape index (κ1) is 21.8. The smallest absolute Gasteiger partial charge is 0.335 e. The van der Waals surface area contributed by atoms with Crippen LogP contribution in [-0.4, -0.2) is 61.2 Å². The number of carbonyl (C=O) groups excluding carboxylic acids is 1. The van der Waals surface area contributed by atoms with E-state index >= 15 is 0 Å². The fourth-order valence-electron chi connectivity index (χ4n) is 2.78. The fraction of sp³-hybridized carbons (Fsp3) is 0.227. The molecule has 1 amide bonds. The van der Waals surface area contributed by atoms with Gasteiger partial charge in [-0.05, 0) is 38.4 Å². The quantitative estimate of drug-likeness (QED) is 0.480. The average Bonchev–Trinajstić information content (AvgIpc) is 3.21. The zero-order valence-electron chi connectivity index (χ0n) is 17.5. The molecule has 9 nitrogen and oxygen atoms in total. The van der Waals surface area contributed by atoms with Gasteiger partial charge < -0.3 is 29.8 Å². The van der Waals surface area contributed by atoms with Gasteiger partial charge in [-0.25, -0.2) is 9.78 Å². The molecule has 0 bridgehead atoms. The van der Waals surface area contributed by atoms with Crippen LogP contribution in [0.4, 0.5) is 11.7 Å². The Morgan fingerprint density at radius 3 is 2.52 bits per heavy atom. The number of benzene rings is 2. The maximum Gasteiger partial charge on any atom is 0.335 e. The molecule has 0 unspecified atom stereocenters. The SMILES string of the molecule is COc1cc(Nc2ncc(-c3ccc(C(=O)O)cc3)o2)cc(C(=O)NCCN(C)C)c1. The molecule has 0 atom stereocenters. The molecule has 162 valence electrons. The Bertz CT molecular complexity index is 1060. The Labute approximate surface area is 179 Å². The number of hydrogen-bond acceptors (Lipinski definition) is 7. The number of rotatable bonds is 9. The number of carbonyl (C=O) groups is 2. The largest absolute Gasteiger partial charge is 0.497 e. The van der Waals surface area contributed by atoms with Gasteiger partial charge in [0, 0.05) is 36.0 Å². The van der Waals surface area contributed by atoms with E-state index in [-0.39, 0.29) is 17.5 Å². The van der Waals surface area contributed by atoms with Crippen LogP contribution in [0, 0.1) is 0 Å². The second-order valence-electron chi connectivity index (χ2n) is 7.05. The van der Waals surface area contributed by atoms with Gasteiger partial charge in [-0.2, -0.15) is 0 Å². The summed E-state index contributed by atoms with van der Waals surface area (Å²) in [6.45, 7) is 1.25. The number of amides is 1. The first-order chi connectivity index (χ1) is 14.9. The number of likely N-dealkylation sites (N-methyl/N-ethyl adjacent to an activating group) is 1. The molecule has 0 radical (unpaired) electrons. The lowest BCUT2D eigenvalue weighted by molar-refractivity contribution is 0.0696. The molecular formula is C22H24N4O5. The van der Waals surface area contributed by atoms with Gasteiger partial charge in [0.05, 0.1) is 18.9 Å². The third-order valence-corrected chi connectivity index (χ3v) is 4.42. The van der Waals surface area contributed by atoms with Crippen molar-refractivity contribution in [1.29, 1.82) is 0 Å². The summed E-state index contributed by atoms with van der Waals surface area (Å²) in [5.74, 6) is -0.218. The van der Waals surface area contributed by atoms with Crippen LogP contribution in [0.2, 0.25) is 0 Å². The van der Waals surface area contributed by atoms with Gasteiger partial charge in [0.15, 0.2) is 5.76 Å². The van der Waals surface area contributed by atoms with E-state index in [0.29, 0.717) is 34.9 Å². The molecule has 0 aliphatic carbocycles. The van der Waals surface area contributed by atoms with Gasteiger partial charge in [-0.1, -0.05) is 12.1 Å². The van der Waals surface area contributed by atoms with E-state index < -0.39 is 5.97 Å². The molecule has 3 aromatic rings. The summed E-state index contributed by atoms with van der Waals surface area (Å²) < 4.78 is 11.0. The van der Waals surface area contributed by atoms with Crippen molar-refractivity contribution in [1.82, 2.24) is 15.2 Å². The lowest BCUT2D eigenvalue weighted by atomic mass is 10.1. The van der Waals surface area contributed by atoms with Gasteiger partial charge in [-0.3, -0.25) is 4.79 Å². The first-order valence-electron chi connectivity index (χ1n) is 9.54. The molecule has 0 aliphatic rings. The van der Waals surface area contributed by atoms with E-state index in [9.17, 15) is 9.59 Å². The van der Waals surface area contributed by atoms with E-state index in [1.807, 2.05) is 19.0 Å². The van der Waals surface area contributed by atoms with Crippen molar-refractivity contribution in [2.45, 2.75) is 0 Å². The van der Waals surface area contributed by atoms with Crippen molar-refractivity contribution in [2.75, 3.05) is 39.6 Å². The number of aromatic carboxylic acids is 1. The van der Waals surface area contributed by atoms with E-state index in [1.54, 1.807) is 30.3 Å². The Hall–Kier alpha value is -3.85. The van der Waals surface area contributed by atoms with Crippen molar-refractivity contribution in [3.05, 3.63) is 59.8 Å². The predicted molar refractivity (Wildman–Crippen MR) is 116 cm³/mol. The Kier molecular flexibility index (Phi) is 6.88. The van der Waals surface area contributed by atoms with Crippen LogP contribution < -0.4 is 15.4 Å². The lowest BCUT2D eigenvalue weighted by Crippen LogP contribution is -2.31. The van der Waals surface area contributed by atoms with Crippen molar-refractivity contribution in [2.24, 2.45) is 0 Å². The van der Waals surface area contributed by atoms with Crippen molar-refractivity contribution in [3.63, 3.8) is 0 Å². The number of carboxylic acid groups (broad SMARTS) is 1. The summed E-state index contributed by atoms with van der Waals surface area (Å²) in [6, 6.07) is 11.6. The van der Waals surface area contributed by atoms with E-state index in [4.69, 9.17) is 14.3 Å². The third-order valence-electron chi connectivity index (χ3n) is 4.42. The number of aromatic nitrogens is 1. The molecule has 3 rings (SSSR count). The minimum absolute atomic E-state index is 0.189. The van der Waals surface area contributed by atoms with Crippen LogP contribution in [0.5, 0.6) is 5.75 Å². The van der Waals surface area contributed by atoms with Crippen LogP contribution in [0.25, 0.3) is 11.3 Å². The Balaban J connectivity index is 1.75. The predicted octanol–water partition coefficient (Wildman–Crippen LogP) is 3.08. The highest BCUT2D eigenvalue weighted by Gasteiger charge is 2.12. The number of anilines is 2. The van der Waals surface area contributed by atoms with Gasteiger partial charge >= 0.3 is 5.97 Å². The van der Waals surface area contributed by atoms with Crippen LogP contribution in [0.3, 0.4) is 0 Å². The summed E-state index contributed by atoms with van der Waals surface area (Å²) >= 11 is 0. The van der Waals surface area contributed by atoms with Crippen molar-refractivity contribution >= 4 is 23.6 Å². The lowest BCUT2D eigenvalue weighted by Gasteiger charge is -2.12. The number of ether oxygens (including phenoxy) is 1. The number of oxazole rings is 1. The monoisotopic (exact) mass is 424 g/mol. The molecule has 2 aromatic carbocycles. The molecule has 0 saturated carbocycles. The highest BCUT2D eigenvalue weighted by molar-refractivity contribution is 5.95. The first-order valence-corrected chi connectivity index (χ1v) is 9.54. The Morgan fingerprint density at radius 1 is 1.13 bits per heavy atom. The second-order valence-corrected chi connectivity index (χ2v) is 7.05.